The van der Waals surface area contributed by atoms with Gasteiger partial charge in [0.25, 0.3) is 0 Å². The molecule has 8 heteroatoms. The third kappa shape index (κ3) is 3.96. The molecular formula is C18H19F2NO4S. The topological polar surface area (TPSA) is 86.6 Å². The molecule has 1 fully saturated rings. The molecule has 3 N–H and O–H groups in total. The molecule has 3 rings (SSSR count). The highest BCUT2D eigenvalue weighted by molar-refractivity contribution is 7.89. The third-order valence-electron chi connectivity index (χ3n) is 4.69. The Kier molecular flexibility index (Phi) is 5.15. The van der Waals surface area contributed by atoms with Gasteiger partial charge >= 0.3 is 0 Å². The monoisotopic (exact) mass is 383 g/mol. The Bertz CT molecular complexity index is 909. The maximum absolute atomic E-state index is 13.7. The molecule has 0 atom stereocenters. The van der Waals surface area contributed by atoms with Crippen molar-refractivity contribution in [3.8, 4) is 11.5 Å². The normalized spacial score (nSPS) is 20.8. The second-order valence-electron chi connectivity index (χ2n) is 6.49. The Hall–Kier alpha value is -2.19. The van der Waals surface area contributed by atoms with Crippen LogP contribution >= 0.6 is 0 Å². The second kappa shape index (κ2) is 7.20. The molecule has 0 aromatic heterocycles. The fraction of sp³-hybridized carbons (Fsp3) is 0.333. The standard InChI is InChI=1S/C18H19F2NO4S/c19-12-3-8-16(20)18(9-12)26(24,25)21-13-4-1-11(2-5-13)15-7-6-14(22)10-17(15)23/h3,6-11,13,21-23H,1-2,4-5H2. The van der Waals surface area contributed by atoms with Gasteiger partial charge in [0.2, 0.25) is 10.0 Å². The van der Waals surface area contributed by atoms with E-state index in [9.17, 15) is 27.4 Å². The molecule has 140 valence electrons. The molecule has 5 nitrogen and oxygen atoms in total. The van der Waals surface area contributed by atoms with Crippen molar-refractivity contribution < 1.29 is 27.4 Å². The van der Waals surface area contributed by atoms with Gasteiger partial charge in [0.15, 0.2) is 0 Å². The first-order valence-corrected chi connectivity index (χ1v) is 9.74. The number of phenolic OH excluding ortho intramolecular Hbond substituents is 2. The summed E-state index contributed by atoms with van der Waals surface area (Å²) in [5, 5.41) is 19.3. The van der Waals surface area contributed by atoms with Crippen LogP contribution in [0.2, 0.25) is 0 Å². The zero-order valence-corrected chi connectivity index (χ0v) is 14.6. The fourth-order valence-electron chi connectivity index (χ4n) is 3.37. The van der Waals surface area contributed by atoms with Crippen LogP contribution in [0.3, 0.4) is 0 Å². The van der Waals surface area contributed by atoms with Crippen molar-refractivity contribution in [1.82, 2.24) is 4.72 Å². The molecule has 1 saturated carbocycles. The van der Waals surface area contributed by atoms with Gasteiger partial charge < -0.3 is 10.2 Å². The van der Waals surface area contributed by atoms with Crippen molar-refractivity contribution in [3.05, 3.63) is 53.6 Å². The molecular weight excluding hydrogens is 364 g/mol. The molecule has 0 unspecified atom stereocenters. The van der Waals surface area contributed by atoms with Crippen LogP contribution in [0.5, 0.6) is 11.5 Å². The first kappa shape index (κ1) is 18.6. The van der Waals surface area contributed by atoms with Crippen LogP contribution in [-0.4, -0.2) is 24.7 Å². The van der Waals surface area contributed by atoms with Gasteiger partial charge in [-0.1, -0.05) is 6.07 Å². The van der Waals surface area contributed by atoms with Crippen molar-refractivity contribution in [3.63, 3.8) is 0 Å². The van der Waals surface area contributed by atoms with Crippen LogP contribution in [0.1, 0.15) is 37.2 Å². The number of halogens is 2. The third-order valence-corrected chi connectivity index (χ3v) is 6.22. The van der Waals surface area contributed by atoms with Crippen molar-refractivity contribution >= 4 is 10.0 Å². The lowest BCUT2D eigenvalue weighted by Crippen LogP contribution is -2.37. The number of benzene rings is 2. The molecule has 0 heterocycles. The fourth-order valence-corrected chi connectivity index (χ4v) is 4.76. The first-order chi connectivity index (χ1) is 12.3. The summed E-state index contributed by atoms with van der Waals surface area (Å²) >= 11 is 0. The van der Waals surface area contributed by atoms with Gasteiger partial charge in [-0.05, 0) is 61.4 Å². The molecule has 2 aromatic rings. The van der Waals surface area contributed by atoms with Gasteiger partial charge in [-0.3, -0.25) is 0 Å². The smallest absolute Gasteiger partial charge is 0.243 e. The lowest BCUT2D eigenvalue weighted by atomic mass is 9.81. The average molecular weight is 383 g/mol. The van der Waals surface area contributed by atoms with E-state index in [0.29, 0.717) is 37.3 Å². The van der Waals surface area contributed by atoms with Gasteiger partial charge in [0.1, 0.15) is 28.0 Å². The quantitative estimate of drug-likeness (QED) is 0.755. The van der Waals surface area contributed by atoms with E-state index in [1.807, 2.05) is 0 Å². The predicted octanol–water partition coefficient (Wildman–Crippen LogP) is 3.38. The number of hydrogen-bond donors (Lipinski definition) is 3. The molecule has 26 heavy (non-hydrogen) atoms. The highest BCUT2D eigenvalue weighted by Crippen LogP contribution is 2.38. The zero-order chi connectivity index (χ0) is 18.9. The number of hydrogen-bond acceptors (Lipinski definition) is 4. The molecule has 0 aliphatic heterocycles. The van der Waals surface area contributed by atoms with E-state index in [4.69, 9.17) is 0 Å². The number of nitrogens with one attached hydrogen (secondary N) is 1. The molecule has 1 aliphatic carbocycles. The minimum Gasteiger partial charge on any atom is -0.508 e. The summed E-state index contributed by atoms with van der Waals surface area (Å²) in [4.78, 5) is -0.698. The van der Waals surface area contributed by atoms with Crippen molar-refractivity contribution in [1.29, 1.82) is 0 Å². The minimum absolute atomic E-state index is 0.0101. The second-order valence-corrected chi connectivity index (χ2v) is 8.17. The van der Waals surface area contributed by atoms with E-state index < -0.39 is 32.6 Å². The molecule has 0 saturated heterocycles. The van der Waals surface area contributed by atoms with Gasteiger partial charge in [0, 0.05) is 12.1 Å². The van der Waals surface area contributed by atoms with Crippen LogP contribution in [-0.2, 0) is 10.0 Å². The summed E-state index contributed by atoms with van der Waals surface area (Å²) in [7, 11) is -4.16. The van der Waals surface area contributed by atoms with E-state index in [1.165, 1.54) is 12.1 Å². The maximum atomic E-state index is 13.7. The van der Waals surface area contributed by atoms with E-state index in [-0.39, 0.29) is 17.4 Å². The van der Waals surface area contributed by atoms with Gasteiger partial charge in [-0.15, -0.1) is 0 Å². The van der Waals surface area contributed by atoms with Crippen molar-refractivity contribution in [2.75, 3.05) is 0 Å². The van der Waals surface area contributed by atoms with E-state index in [1.54, 1.807) is 6.07 Å². The SMILES string of the molecule is O=S(=O)(NC1CCC(c2ccc(O)cc2O)CC1)c1cc(F)ccc1F. The molecule has 0 radical (unpaired) electrons. The summed E-state index contributed by atoms with van der Waals surface area (Å²) in [5.41, 5.74) is 0.709. The van der Waals surface area contributed by atoms with Gasteiger partial charge in [0.05, 0.1) is 0 Å². The largest absolute Gasteiger partial charge is 0.508 e. The lowest BCUT2D eigenvalue weighted by molar-refractivity contribution is 0.362. The van der Waals surface area contributed by atoms with Gasteiger partial charge in [-0.25, -0.2) is 21.9 Å². The van der Waals surface area contributed by atoms with Crippen LogP contribution in [0.4, 0.5) is 8.78 Å². The number of rotatable bonds is 4. The van der Waals surface area contributed by atoms with Gasteiger partial charge in [-0.2, -0.15) is 0 Å². The molecule has 0 amide bonds. The van der Waals surface area contributed by atoms with Crippen LogP contribution in [0.25, 0.3) is 0 Å². The molecule has 2 aromatic carbocycles. The highest BCUT2D eigenvalue weighted by Gasteiger charge is 2.29. The summed E-state index contributed by atoms with van der Waals surface area (Å²) in [6.07, 6.45) is 2.25. The van der Waals surface area contributed by atoms with Crippen molar-refractivity contribution in [2.45, 2.75) is 42.5 Å². The van der Waals surface area contributed by atoms with Crippen LogP contribution in [0, 0.1) is 11.6 Å². The summed E-state index contributed by atoms with van der Waals surface area (Å²) in [5.74, 6) is -1.79. The Morgan fingerprint density at radius 3 is 2.31 bits per heavy atom. The molecule has 0 bridgehead atoms. The summed E-state index contributed by atoms with van der Waals surface area (Å²) in [6, 6.07) is 6.35. The average Bonchev–Trinajstić information content (AvgIpc) is 2.58. The Morgan fingerprint density at radius 1 is 0.962 bits per heavy atom. The van der Waals surface area contributed by atoms with Crippen LogP contribution < -0.4 is 4.72 Å². The number of phenols is 2. The van der Waals surface area contributed by atoms with E-state index in [0.717, 1.165) is 12.1 Å². The summed E-state index contributed by atoms with van der Waals surface area (Å²) in [6.45, 7) is 0. The maximum Gasteiger partial charge on any atom is 0.243 e. The van der Waals surface area contributed by atoms with E-state index >= 15 is 0 Å². The van der Waals surface area contributed by atoms with Crippen molar-refractivity contribution in [2.24, 2.45) is 0 Å². The first-order valence-electron chi connectivity index (χ1n) is 8.25. The number of sulfonamides is 1. The Labute approximate surface area is 150 Å². The van der Waals surface area contributed by atoms with E-state index in [2.05, 4.69) is 4.72 Å². The zero-order valence-electron chi connectivity index (χ0n) is 13.8. The Balaban J connectivity index is 1.67. The minimum atomic E-state index is -4.16. The summed E-state index contributed by atoms with van der Waals surface area (Å²) < 4.78 is 54.1. The predicted molar refractivity (Wildman–Crippen MR) is 91.4 cm³/mol. The highest BCUT2D eigenvalue weighted by atomic mass is 32.2. The molecule has 1 aliphatic rings. The Morgan fingerprint density at radius 2 is 1.65 bits per heavy atom. The van der Waals surface area contributed by atoms with Crippen LogP contribution in [0.15, 0.2) is 41.3 Å². The lowest BCUT2D eigenvalue weighted by Gasteiger charge is -2.29. The number of aromatic hydroxyl groups is 2. The molecule has 0 spiro atoms.